The van der Waals surface area contributed by atoms with Crippen LogP contribution >= 0.6 is 11.6 Å². The van der Waals surface area contributed by atoms with Crippen molar-refractivity contribution in [2.75, 3.05) is 37.4 Å². The quantitative estimate of drug-likeness (QED) is 0.579. The third-order valence-corrected chi connectivity index (χ3v) is 1.78. The van der Waals surface area contributed by atoms with Gasteiger partial charge in [0.05, 0.1) is 13.2 Å². The molecule has 8 heteroatoms. The fraction of sp³-hybridized carbons (Fsp3) is 0.625. The number of halogens is 1. The van der Waals surface area contributed by atoms with Gasteiger partial charge in [0.2, 0.25) is 17.2 Å². The van der Waals surface area contributed by atoms with Gasteiger partial charge in [0.25, 0.3) is 0 Å². The Kier molecular flexibility index (Phi) is 5.76. The molecule has 0 aliphatic rings. The highest BCUT2D eigenvalue weighted by Gasteiger charge is 2.00. The molecule has 0 unspecified atom stereocenters. The van der Waals surface area contributed by atoms with Crippen LogP contribution in [0.5, 0.6) is 0 Å². The first-order valence-electron chi connectivity index (χ1n) is 4.82. The zero-order chi connectivity index (χ0) is 11.8. The Balaban J connectivity index is 2.21. The molecule has 1 heterocycles. The Morgan fingerprint density at radius 1 is 1.31 bits per heavy atom. The van der Waals surface area contributed by atoms with Crippen molar-refractivity contribution in [2.45, 2.75) is 6.42 Å². The van der Waals surface area contributed by atoms with E-state index in [1.807, 2.05) is 0 Å². The fourth-order valence-electron chi connectivity index (χ4n) is 0.986. The van der Waals surface area contributed by atoms with Crippen molar-refractivity contribution in [1.29, 1.82) is 0 Å². The molecule has 0 spiro atoms. The second-order valence-electron chi connectivity index (χ2n) is 2.90. The Morgan fingerprint density at radius 2 is 2.12 bits per heavy atom. The molecule has 0 saturated carbocycles. The average molecular weight is 248 g/mol. The Morgan fingerprint density at radius 3 is 2.81 bits per heavy atom. The Hall–Kier alpha value is -1.18. The topological polar surface area (TPSA) is 106 Å². The van der Waals surface area contributed by atoms with Crippen LogP contribution in [0, 0.1) is 0 Å². The van der Waals surface area contributed by atoms with E-state index in [1.165, 1.54) is 0 Å². The van der Waals surface area contributed by atoms with Crippen LogP contribution in [-0.2, 0) is 4.74 Å². The van der Waals surface area contributed by atoms with E-state index in [0.717, 1.165) is 6.42 Å². The molecule has 90 valence electrons. The minimum absolute atomic E-state index is 0.0348. The van der Waals surface area contributed by atoms with E-state index in [4.69, 9.17) is 27.2 Å². The molecule has 1 aromatic rings. The fourth-order valence-corrected chi connectivity index (χ4v) is 1.15. The molecular weight excluding hydrogens is 234 g/mol. The molecule has 1 aromatic heterocycles. The maximum absolute atomic E-state index is 8.47. The minimum atomic E-state index is 0.0348. The van der Waals surface area contributed by atoms with Gasteiger partial charge in [0.1, 0.15) is 0 Å². The molecule has 0 atom stereocenters. The number of nitrogens with zero attached hydrogens (tertiary/aromatic N) is 3. The maximum Gasteiger partial charge on any atom is 0.228 e. The molecule has 0 bridgehead atoms. The van der Waals surface area contributed by atoms with Gasteiger partial charge in [-0.3, -0.25) is 0 Å². The summed E-state index contributed by atoms with van der Waals surface area (Å²) in [4.78, 5) is 11.3. The molecule has 4 N–H and O–H groups in total. The van der Waals surface area contributed by atoms with Gasteiger partial charge in [0.15, 0.2) is 0 Å². The lowest BCUT2D eigenvalue weighted by atomic mass is 10.4. The molecule has 16 heavy (non-hydrogen) atoms. The molecule has 0 radical (unpaired) electrons. The Bertz CT molecular complexity index is 305. The zero-order valence-electron chi connectivity index (χ0n) is 8.69. The number of hydrogen-bond acceptors (Lipinski definition) is 7. The lowest BCUT2D eigenvalue weighted by molar-refractivity contribution is 0.0921. The van der Waals surface area contributed by atoms with E-state index in [-0.39, 0.29) is 17.8 Å². The summed E-state index contributed by atoms with van der Waals surface area (Å²) < 4.78 is 5.07. The van der Waals surface area contributed by atoms with Crippen LogP contribution in [0.25, 0.3) is 0 Å². The van der Waals surface area contributed by atoms with Gasteiger partial charge in [-0.05, 0) is 18.0 Å². The van der Waals surface area contributed by atoms with Crippen molar-refractivity contribution in [3.8, 4) is 0 Å². The minimum Gasteiger partial charge on any atom is -0.394 e. The monoisotopic (exact) mass is 247 g/mol. The van der Waals surface area contributed by atoms with Crippen LogP contribution in [-0.4, -0.2) is 46.4 Å². The normalized spacial score (nSPS) is 10.4. The lowest BCUT2D eigenvalue weighted by Crippen LogP contribution is -2.11. The molecule has 7 nitrogen and oxygen atoms in total. The summed E-state index contributed by atoms with van der Waals surface area (Å²) in [5.41, 5.74) is 5.39. The molecule has 0 saturated heterocycles. The largest absolute Gasteiger partial charge is 0.394 e. The predicted molar refractivity (Wildman–Crippen MR) is 60.3 cm³/mol. The van der Waals surface area contributed by atoms with Crippen molar-refractivity contribution in [2.24, 2.45) is 0 Å². The lowest BCUT2D eigenvalue weighted by Gasteiger charge is -2.05. The molecule has 0 aliphatic carbocycles. The number of nitrogen functional groups attached to an aromatic ring is 1. The van der Waals surface area contributed by atoms with E-state index in [9.17, 15) is 0 Å². The highest BCUT2D eigenvalue weighted by molar-refractivity contribution is 6.28. The number of rotatable bonds is 7. The first-order chi connectivity index (χ1) is 7.72. The van der Waals surface area contributed by atoms with Crippen LogP contribution in [0.3, 0.4) is 0 Å². The van der Waals surface area contributed by atoms with Crippen LogP contribution in [0.4, 0.5) is 11.9 Å². The van der Waals surface area contributed by atoms with Crippen molar-refractivity contribution < 1.29 is 9.84 Å². The van der Waals surface area contributed by atoms with E-state index in [1.54, 1.807) is 0 Å². The van der Waals surface area contributed by atoms with Crippen LogP contribution in [0.2, 0.25) is 5.28 Å². The van der Waals surface area contributed by atoms with Crippen molar-refractivity contribution in [3.05, 3.63) is 5.28 Å². The van der Waals surface area contributed by atoms with Crippen LogP contribution in [0.15, 0.2) is 0 Å². The molecule has 0 fully saturated rings. The average Bonchev–Trinajstić information content (AvgIpc) is 2.22. The van der Waals surface area contributed by atoms with Crippen molar-refractivity contribution in [3.63, 3.8) is 0 Å². The van der Waals surface area contributed by atoms with Crippen LogP contribution in [0.1, 0.15) is 6.42 Å². The summed E-state index contributed by atoms with van der Waals surface area (Å²) in [7, 11) is 0. The first-order valence-corrected chi connectivity index (χ1v) is 5.19. The van der Waals surface area contributed by atoms with Crippen LogP contribution < -0.4 is 11.1 Å². The second-order valence-corrected chi connectivity index (χ2v) is 3.24. The van der Waals surface area contributed by atoms with Gasteiger partial charge in [-0.25, -0.2) is 0 Å². The van der Waals surface area contributed by atoms with Gasteiger partial charge in [0, 0.05) is 13.2 Å². The molecular formula is C8H14ClN5O2. The third-order valence-electron chi connectivity index (χ3n) is 1.61. The number of aliphatic hydroxyl groups excluding tert-OH is 1. The summed E-state index contributed by atoms with van der Waals surface area (Å²) in [6, 6.07) is 0. The number of anilines is 2. The highest BCUT2D eigenvalue weighted by Crippen LogP contribution is 2.06. The number of nitrogens with one attached hydrogen (secondary N) is 1. The molecule has 0 amide bonds. The number of nitrogens with two attached hydrogens (primary N) is 1. The molecule has 1 rings (SSSR count). The first kappa shape index (κ1) is 12.9. The number of aromatic nitrogens is 3. The number of hydrogen-bond donors (Lipinski definition) is 3. The summed E-state index contributed by atoms with van der Waals surface area (Å²) in [6.45, 7) is 1.57. The SMILES string of the molecule is Nc1nc(Cl)nc(NCCCOCCO)n1. The number of aliphatic hydroxyl groups is 1. The van der Waals surface area contributed by atoms with Gasteiger partial charge < -0.3 is 20.9 Å². The standard InChI is InChI=1S/C8H14ClN5O2/c9-6-12-7(10)14-8(13-6)11-2-1-4-16-5-3-15/h15H,1-5H2,(H3,10,11,12,13,14). The highest BCUT2D eigenvalue weighted by atomic mass is 35.5. The van der Waals surface area contributed by atoms with E-state index in [2.05, 4.69) is 20.3 Å². The second kappa shape index (κ2) is 7.15. The molecule has 0 aromatic carbocycles. The number of ether oxygens (including phenoxy) is 1. The summed E-state index contributed by atoms with van der Waals surface area (Å²) in [6.07, 6.45) is 0.767. The van der Waals surface area contributed by atoms with Gasteiger partial charge in [-0.2, -0.15) is 15.0 Å². The summed E-state index contributed by atoms with van der Waals surface area (Å²) in [5, 5.41) is 11.5. The van der Waals surface area contributed by atoms with E-state index >= 15 is 0 Å². The van der Waals surface area contributed by atoms with E-state index < -0.39 is 0 Å². The molecule has 0 aliphatic heterocycles. The predicted octanol–water partition coefficient (Wildman–Crippen LogP) is -0.0819. The third kappa shape index (κ3) is 5.06. The zero-order valence-corrected chi connectivity index (χ0v) is 9.44. The maximum atomic E-state index is 8.47. The van der Waals surface area contributed by atoms with Gasteiger partial charge >= 0.3 is 0 Å². The van der Waals surface area contributed by atoms with Gasteiger partial charge in [-0.15, -0.1) is 0 Å². The van der Waals surface area contributed by atoms with Gasteiger partial charge in [-0.1, -0.05) is 0 Å². The smallest absolute Gasteiger partial charge is 0.228 e. The van der Waals surface area contributed by atoms with E-state index in [0.29, 0.717) is 25.7 Å². The summed E-state index contributed by atoms with van der Waals surface area (Å²) >= 11 is 5.60. The summed E-state index contributed by atoms with van der Waals surface area (Å²) in [5.74, 6) is 0.429. The van der Waals surface area contributed by atoms with Crippen molar-refractivity contribution in [1.82, 2.24) is 15.0 Å². The van der Waals surface area contributed by atoms with Crippen molar-refractivity contribution >= 4 is 23.5 Å². The Labute approximate surface area is 98.0 Å².